The molecule has 0 aromatic heterocycles. The van der Waals surface area contributed by atoms with Gasteiger partial charge in [-0.25, -0.2) is 0 Å². The summed E-state index contributed by atoms with van der Waals surface area (Å²) < 4.78 is 0.749. The molecule has 2 heterocycles. The van der Waals surface area contributed by atoms with Crippen LogP contribution in [0.2, 0.25) is 0 Å². The van der Waals surface area contributed by atoms with E-state index in [4.69, 9.17) is 0 Å². The Bertz CT molecular complexity index is 575. The molecule has 23 heavy (non-hydrogen) atoms. The zero-order valence-electron chi connectivity index (χ0n) is 13.4. The quantitative estimate of drug-likeness (QED) is 0.591. The zero-order chi connectivity index (χ0) is 16.4. The van der Waals surface area contributed by atoms with Gasteiger partial charge >= 0.3 is 0 Å². The van der Waals surface area contributed by atoms with Gasteiger partial charge in [0.2, 0.25) is 0 Å². The summed E-state index contributed by atoms with van der Waals surface area (Å²) >= 11 is 3.32. The Kier molecular flexibility index (Phi) is 5.18. The minimum atomic E-state index is -0.284. The topological polar surface area (TPSA) is 52.9 Å². The molecule has 0 radical (unpaired) electrons. The van der Waals surface area contributed by atoms with Crippen molar-refractivity contribution < 1.29 is 4.92 Å². The molecule has 0 N–H and O–H groups in total. The summed E-state index contributed by atoms with van der Waals surface area (Å²) in [4.78, 5) is 18.2. The predicted molar refractivity (Wildman–Crippen MR) is 95.1 cm³/mol. The maximum absolute atomic E-state index is 11.3. The molecule has 0 spiro atoms. The number of nitro benzene ring substituents is 1. The number of benzene rings is 1. The third kappa shape index (κ3) is 3.67. The fourth-order valence-corrected chi connectivity index (χ4v) is 3.96. The number of piperazine rings is 1. The predicted octanol–water partition coefficient (Wildman–Crippen LogP) is 2.57. The summed E-state index contributed by atoms with van der Waals surface area (Å²) in [6.07, 6.45) is 1.08. The van der Waals surface area contributed by atoms with Gasteiger partial charge in [0.1, 0.15) is 5.69 Å². The SMILES string of the molecule is CCN1CCN(C2CCN(c3ccc(Br)cc3[N+](=O)[O-])C2)CC1. The minimum Gasteiger partial charge on any atom is -0.364 e. The Hall–Kier alpha value is -1.18. The van der Waals surface area contributed by atoms with Gasteiger partial charge in [0, 0.05) is 55.8 Å². The van der Waals surface area contributed by atoms with Gasteiger partial charge in [-0.2, -0.15) is 0 Å². The molecule has 0 amide bonds. The number of hydrogen-bond acceptors (Lipinski definition) is 5. The van der Waals surface area contributed by atoms with Crippen LogP contribution in [0.3, 0.4) is 0 Å². The average Bonchev–Trinajstić information content (AvgIpc) is 3.04. The Balaban J connectivity index is 1.67. The first-order valence-electron chi connectivity index (χ1n) is 8.23. The van der Waals surface area contributed by atoms with Gasteiger partial charge in [-0.05, 0) is 25.1 Å². The van der Waals surface area contributed by atoms with Crippen molar-refractivity contribution >= 4 is 27.3 Å². The molecule has 2 saturated heterocycles. The van der Waals surface area contributed by atoms with Gasteiger partial charge in [0.15, 0.2) is 0 Å². The fraction of sp³-hybridized carbons (Fsp3) is 0.625. The van der Waals surface area contributed by atoms with Crippen LogP contribution >= 0.6 is 15.9 Å². The van der Waals surface area contributed by atoms with Crippen LogP contribution in [0.5, 0.6) is 0 Å². The van der Waals surface area contributed by atoms with Gasteiger partial charge in [-0.3, -0.25) is 15.0 Å². The highest BCUT2D eigenvalue weighted by molar-refractivity contribution is 9.10. The number of likely N-dealkylation sites (N-methyl/N-ethyl adjacent to an activating group) is 1. The number of nitrogens with zero attached hydrogens (tertiary/aromatic N) is 4. The molecule has 0 bridgehead atoms. The third-order valence-corrected chi connectivity index (χ3v) is 5.50. The van der Waals surface area contributed by atoms with Crippen LogP contribution in [0.25, 0.3) is 0 Å². The van der Waals surface area contributed by atoms with Crippen molar-refractivity contribution in [2.75, 3.05) is 50.7 Å². The lowest BCUT2D eigenvalue weighted by Crippen LogP contribution is -2.50. The summed E-state index contributed by atoms with van der Waals surface area (Å²) in [5.41, 5.74) is 0.934. The molecule has 6 nitrogen and oxygen atoms in total. The lowest BCUT2D eigenvalue weighted by Gasteiger charge is -2.37. The van der Waals surface area contributed by atoms with Crippen LogP contribution in [-0.4, -0.2) is 66.6 Å². The Morgan fingerprint density at radius 2 is 2.00 bits per heavy atom. The Morgan fingerprint density at radius 3 is 2.65 bits per heavy atom. The van der Waals surface area contributed by atoms with E-state index in [0.717, 1.165) is 62.4 Å². The van der Waals surface area contributed by atoms with Crippen molar-refractivity contribution in [2.45, 2.75) is 19.4 Å². The number of anilines is 1. The normalized spacial score (nSPS) is 23.4. The zero-order valence-corrected chi connectivity index (χ0v) is 15.0. The van der Waals surface area contributed by atoms with Crippen LogP contribution in [0, 0.1) is 10.1 Å². The second kappa shape index (κ2) is 7.15. The molecule has 1 aromatic rings. The van der Waals surface area contributed by atoms with E-state index < -0.39 is 0 Å². The van der Waals surface area contributed by atoms with Gasteiger partial charge in [-0.1, -0.05) is 22.9 Å². The van der Waals surface area contributed by atoms with Crippen LogP contribution < -0.4 is 4.90 Å². The van der Waals surface area contributed by atoms with Gasteiger partial charge in [-0.15, -0.1) is 0 Å². The first-order chi connectivity index (χ1) is 11.1. The molecule has 1 aromatic carbocycles. The van der Waals surface area contributed by atoms with E-state index in [1.54, 1.807) is 6.07 Å². The molecular weight excluding hydrogens is 360 g/mol. The van der Waals surface area contributed by atoms with Gasteiger partial charge < -0.3 is 9.80 Å². The minimum absolute atomic E-state index is 0.191. The molecule has 1 unspecified atom stereocenters. The highest BCUT2D eigenvalue weighted by Gasteiger charge is 2.32. The number of halogens is 1. The maximum atomic E-state index is 11.3. The third-order valence-electron chi connectivity index (χ3n) is 5.01. The Morgan fingerprint density at radius 1 is 1.26 bits per heavy atom. The summed E-state index contributed by atoms with van der Waals surface area (Å²) in [6.45, 7) is 9.57. The van der Waals surface area contributed by atoms with E-state index in [2.05, 4.69) is 37.6 Å². The molecule has 0 saturated carbocycles. The largest absolute Gasteiger partial charge is 0.364 e. The molecule has 1 atom stereocenters. The van der Waals surface area contributed by atoms with E-state index >= 15 is 0 Å². The van der Waals surface area contributed by atoms with Crippen molar-refractivity contribution in [1.82, 2.24) is 9.80 Å². The lowest BCUT2D eigenvalue weighted by atomic mass is 10.2. The Labute approximate surface area is 145 Å². The number of nitro groups is 1. The second-order valence-corrected chi connectivity index (χ2v) is 7.16. The van der Waals surface area contributed by atoms with E-state index in [1.165, 1.54) is 0 Å². The smallest absolute Gasteiger partial charge is 0.293 e. The van der Waals surface area contributed by atoms with Crippen LogP contribution in [0.4, 0.5) is 11.4 Å². The summed E-state index contributed by atoms with van der Waals surface area (Å²) in [7, 11) is 0. The van der Waals surface area contributed by atoms with E-state index in [1.807, 2.05) is 12.1 Å². The average molecular weight is 383 g/mol. The van der Waals surface area contributed by atoms with Crippen molar-refractivity contribution in [1.29, 1.82) is 0 Å². The lowest BCUT2D eigenvalue weighted by molar-refractivity contribution is -0.384. The molecule has 0 aliphatic carbocycles. The van der Waals surface area contributed by atoms with Crippen molar-refractivity contribution in [3.05, 3.63) is 32.8 Å². The molecule has 3 rings (SSSR count). The van der Waals surface area contributed by atoms with Gasteiger partial charge in [0.25, 0.3) is 5.69 Å². The summed E-state index contributed by atoms with van der Waals surface area (Å²) in [5.74, 6) is 0. The monoisotopic (exact) mass is 382 g/mol. The molecule has 2 aliphatic rings. The van der Waals surface area contributed by atoms with Crippen molar-refractivity contribution in [2.24, 2.45) is 0 Å². The highest BCUT2D eigenvalue weighted by atomic mass is 79.9. The molecule has 2 aliphatic heterocycles. The summed E-state index contributed by atoms with van der Waals surface area (Å²) in [5, 5.41) is 11.3. The molecule has 2 fully saturated rings. The fourth-order valence-electron chi connectivity index (χ4n) is 3.61. The van der Waals surface area contributed by atoms with Gasteiger partial charge in [0.05, 0.1) is 4.92 Å². The van der Waals surface area contributed by atoms with Crippen LogP contribution in [-0.2, 0) is 0 Å². The second-order valence-electron chi connectivity index (χ2n) is 6.25. The molecule has 126 valence electrons. The summed E-state index contributed by atoms with van der Waals surface area (Å²) in [6, 6.07) is 5.86. The first kappa shape index (κ1) is 16.7. The van der Waals surface area contributed by atoms with Crippen molar-refractivity contribution in [3.63, 3.8) is 0 Å². The first-order valence-corrected chi connectivity index (χ1v) is 9.03. The number of rotatable bonds is 4. The molecular formula is C16H23BrN4O2. The highest BCUT2D eigenvalue weighted by Crippen LogP contribution is 2.34. The molecule has 7 heteroatoms. The van der Waals surface area contributed by atoms with E-state index in [-0.39, 0.29) is 10.6 Å². The van der Waals surface area contributed by atoms with E-state index in [9.17, 15) is 10.1 Å². The van der Waals surface area contributed by atoms with Crippen LogP contribution in [0.1, 0.15) is 13.3 Å². The standard InChI is InChI=1S/C16H23BrN4O2/c1-2-18-7-9-19(10-8-18)14-5-6-20(12-14)15-4-3-13(17)11-16(15)21(22)23/h3-4,11,14H,2,5-10,12H2,1H3. The maximum Gasteiger partial charge on any atom is 0.293 e. The van der Waals surface area contributed by atoms with E-state index in [0.29, 0.717) is 6.04 Å². The number of hydrogen-bond donors (Lipinski definition) is 0. The van der Waals surface area contributed by atoms with Crippen LogP contribution in [0.15, 0.2) is 22.7 Å². The van der Waals surface area contributed by atoms with Crippen molar-refractivity contribution in [3.8, 4) is 0 Å².